The van der Waals surface area contributed by atoms with Crippen LogP contribution in [0.5, 0.6) is 5.75 Å². The summed E-state index contributed by atoms with van der Waals surface area (Å²) in [5, 5.41) is 11.4. The van der Waals surface area contributed by atoms with Gasteiger partial charge in [0.2, 0.25) is 5.91 Å². The second-order valence-corrected chi connectivity index (χ2v) is 6.63. The van der Waals surface area contributed by atoms with Crippen LogP contribution in [-0.2, 0) is 11.8 Å². The molecule has 8 heteroatoms. The number of ether oxygens (including phenoxy) is 1. The first-order valence-corrected chi connectivity index (χ1v) is 8.51. The average Bonchev–Trinajstić information content (AvgIpc) is 3.25. The Kier molecular flexibility index (Phi) is 5.08. The Bertz CT molecular complexity index is 861. The molecule has 1 atom stereocenters. The van der Waals surface area contributed by atoms with E-state index in [2.05, 4.69) is 15.5 Å². The molecule has 0 aliphatic heterocycles. The van der Waals surface area contributed by atoms with Gasteiger partial charge in [-0.3, -0.25) is 4.79 Å². The third kappa shape index (κ3) is 3.85. The standard InChI is InChI=1S/C17H18N4O3S/c1-11(16(22)18-12-6-4-7-13(10-12)23-3)25-17-20-19-15(21(17)2)14-8-5-9-24-14/h4-11H,1-3H3,(H,18,22)/t11-/m0/s1. The van der Waals surface area contributed by atoms with Gasteiger partial charge in [-0.2, -0.15) is 0 Å². The highest BCUT2D eigenvalue weighted by Crippen LogP contribution is 2.26. The SMILES string of the molecule is COc1cccc(NC(=O)[C@H](C)Sc2nnc(-c3ccco3)n2C)c1. The van der Waals surface area contributed by atoms with E-state index in [1.165, 1.54) is 11.8 Å². The topological polar surface area (TPSA) is 82.2 Å². The Balaban J connectivity index is 1.67. The molecule has 0 aliphatic carbocycles. The molecule has 1 aromatic carbocycles. The number of benzene rings is 1. The summed E-state index contributed by atoms with van der Waals surface area (Å²) in [6.07, 6.45) is 1.58. The van der Waals surface area contributed by atoms with Crippen LogP contribution >= 0.6 is 11.8 Å². The summed E-state index contributed by atoms with van der Waals surface area (Å²) < 4.78 is 12.3. The van der Waals surface area contributed by atoms with Gasteiger partial charge in [-0.05, 0) is 31.2 Å². The number of nitrogens with one attached hydrogen (secondary N) is 1. The van der Waals surface area contributed by atoms with E-state index in [-0.39, 0.29) is 11.2 Å². The van der Waals surface area contributed by atoms with Crippen molar-refractivity contribution < 1.29 is 13.9 Å². The average molecular weight is 358 g/mol. The van der Waals surface area contributed by atoms with E-state index in [0.29, 0.717) is 28.2 Å². The van der Waals surface area contributed by atoms with Gasteiger partial charge >= 0.3 is 0 Å². The summed E-state index contributed by atoms with van der Waals surface area (Å²) in [6, 6.07) is 10.8. The normalized spacial score (nSPS) is 12.0. The van der Waals surface area contributed by atoms with E-state index in [9.17, 15) is 4.79 Å². The maximum Gasteiger partial charge on any atom is 0.237 e. The predicted octanol–water partition coefficient (Wildman–Crippen LogP) is 3.20. The molecule has 0 bridgehead atoms. The molecule has 0 spiro atoms. The Morgan fingerprint density at radius 1 is 1.32 bits per heavy atom. The van der Waals surface area contributed by atoms with Crippen LogP contribution in [0.3, 0.4) is 0 Å². The number of hydrogen-bond acceptors (Lipinski definition) is 6. The molecule has 0 radical (unpaired) electrons. The van der Waals surface area contributed by atoms with Crippen molar-refractivity contribution >= 4 is 23.4 Å². The number of hydrogen-bond donors (Lipinski definition) is 1. The first-order valence-electron chi connectivity index (χ1n) is 7.63. The molecule has 0 unspecified atom stereocenters. The number of nitrogens with zero attached hydrogens (tertiary/aromatic N) is 3. The van der Waals surface area contributed by atoms with Crippen molar-refractivity contribution in [3.05, 3.63) is 42.7 Å². The lowest BCUT2D eigenvalue weighted by Crippen LogP contribution is -2.22. The van der Waals surface area contributed by atoms with Crippen molar-refractivity contribution in [3.8, 4) is 17.3 Å². The lowest BCUT2D eigenvalue weighted by Gasteiger charge is -2.12. The molecule has 130 valence electrons. The maximum absolute atomic E-state index is 12.4. The van der Waals surface area contributed by atoms with Crippen LogP contribution < -0.4 is 10.1 Å². The van der Waals surface area contributed by atoms with Gasteiger partial charge in [0.15, 0.2) is 16.7 Å². The molecule has 0 saturated carbocycles. The van der Waals surface area contributed by atoms with E-state index < -0.39 is 0 Å². The zero-order valence-corrected chi connectivity index (χ0v) is 14.9. The van der Waals surface area contributed by atoms with Crippen LogP contribution in [0.2, 0.25) is 0 Å². The molecule has 2 aromatic heterocycles. The number of carbonyl (C=O) groups excluding carboxylic acids is 1. The highest BCUT2D eigenvalue weighted by atomic mass is 32.2. The zero-order valence-electron chi connectivity index (χ0n) is 14.1. The number of thioether (sulfide) groups is 1. The van der Waals surface area contributed by atoms with Gasteiger partial charge in [0, 0.05) is 18.8 Å². The third-order valence-electron chi connectivity index (χ3n) is 3.57. The lowest BCUT2D eigenvalue weighted by atomic mass is 10.3. The summed E-state index contributed by atoms with van der Waals surface area (Å²) in [5.74, 6) is 1.82. The van der Waals surface area contributed by atoms with Gasteiger partial charge in [0.25, 0.3) is 0 Å². The molecule has 0 aliphatic rings. The molecule has 25 heavy (non-hydrogen) atoms. The van der Waals surface area contributed by atoms with E-state index in [1.807, 2.05) is 38.2 Å². The summed E-state index contributed by atoms with van der Waals surface area (Å²) in [4.78, 5) is 12.4. The Morgan fingerprint density at radius 3 is 2.88 bits per heavy atom. The third-order valence-corrected chi connectivity index (χ3v) is 4.70. The van der Waals surface area contributed by atoms with Crippen LogP contribution in [0.4, 0.5) is 5.69 Å². The molecule has 0 fully saturated rings. The Morgan fingerprint density at radius 2 is 2.16 bits per heavy atom. The monoisotopic (exact) mass is 358 g/mol. The molecule has 1 N–H and O–H groups in total. The molecular weight excluding hydrogens is 340 g/mol. The largest absolute Gasteiger partial charge is 0.497 e. The van der Waals surface area contributed by atoms with Crippen LogP contribution in [0.1, 0.15) is 6.92 Å². The molecule has 2 heterocycles. The molecule has 0 saturated heterocycles. The number of furan rings is 1. The van der Waals surface area contributed by atoms with Crippen molar-refractivity contribution in [2.24, 2.45) is 7.05 Å². The molecular formula is C17H18N4O3S. The fourth-order valence-electron chi connectivity index (χ4n) is 2.19. The van der Waals surface area contributed by atoms with E-state index in [4.69, 9.17) is 9.15 Å². The maximum atomic E-state index is 12.4. The van der Waals surface area contributed by atoms with E-state index >= 15 is 0 Å². The summed E-state index contributed by atoms with van der Waals surface area (Å²) in [7, 11) is 3.43. The van der Waals surface area contributed by atoms with Crippen molar-refractivity contribution in [2.75, 3.05) is 12.4 Å². The van der Waals surface area contributed by atoms with Crippen molar-refractivity contribution in [2.45, 2.75) is 17.3 Å². The second-order valence-electron chi connectivity index (χ2n) is 5.32. The fourth-order valence-corrected chi connectivity index (χ4v) is 3.01. The van der Waals surface area contributed by atoms with Crippen LogP contribution in [0, 0.1) is 0 Å². The minimum absolute atomic E-state index is 0.124. The van der Waals surface area contributed by atoms with Gasteiger partial charge in [-0.25, -0.2) is 0 Å². The molecule has 7 nitrogen and oxygen atoms in total. The van der Waals surface area contributed by atoms with E-state index in [0.717, 1.165) is 0 Å². The number of amides is 1. The van der Waals surface area contributed by atoms with Crippen molar-refractivity contribution in [1.82, 2.24) is 14.8 Å². The smallest absolute Gasteiger partial charge is 0.237 e. The van der Waals surface area contributed by atoms with Gasteiger partial charge in [0.1, 0.15) is 5.75 Å². The van der Waals surface area contributed by atoms with E-state index in [1.54, 1.807) is 30.1 Å². The highest BCUT2D eigenvalue weighted by molar-refractivity contribution is 8.00. The number of anilines is 1. The van der Waals surface area contributed by atoms with Crippen molar-refractivity contribution in [1.29, 1.82) is 0 Å². The molecule has 3 rings (SSSR count). The number of carbonyl (C=O) groups is 1. The quantitative estimate of drug-likeness (QED) is 0.682. The molecule has 3 aromatic rings. The number of methoxy groups -OCH3 is 1. The van der Waals surface area contributed by atoms with Crippen LogP contribution in [0.15, 0.2) is 52.2 Å². The number of aromatic nitrogens is 3. The summed E-state index contributed by atoms with van der Waals surface area (Å²) in [6.45, 7) is 1.82. The summed E-state index contributed by atoms with van der Waals surface area (Å²) in [5.41, 5.74) is 0.686. The first kappa shape index (κ1) is 17.1. The fraction of sp³-hybridized carbons (Fsp3) is 0.235. The van der Waals surface area contributed by atoms with Gasteiger partial charge < -0.3 is 19.0 Å². The minimum Gasteiger partial charge on any atom is -0.497 e. The second kappa shape index (κ2) is 7.43. The predicted molar refractivity (Wildman–Crippen MR) is 95.6 cm³/mol. The first-order chi connectivity index (χ1) is 12.1. The Hall–Kier alpha value is -2.74. The lowest BCUT2D eigenvalue weighted by molar-refractivity contribution is -0.115. The van der Waals surface area contributed by atoms with Gasteiger partial charge in [-0.15, -0.1) is 10.2 Å². The van der Waals surface area contributed by atoms with Gasteiger partial charge in [0.05, 0.1) is 18.6 Å². The molecule has 1 amide bonds. The van der Waals surface area contributed by atoms with Gasteiger partial charge in [-0.1, -0.05) is 17.8 Å². The zero-order chi connectivity index (χ0) is 17.8. The number of rotatable bonds is 6. The highest BCUT2D eigenvalue weighted by Gasteiger charge is 2.20. The van der Waals surface area contributed by atoms with Crippen LogP contribution in [0.25, 0.3) is 11.6 Å². The summed E-state index contributed by atoms with van der Waals surface area (Å²) >= 11 is 1.33. The van der Waals surface area contributed by atoms with Crippen LogP contribution in [-0.4, -0.2) is 33.0 Å². The van der Waals surface area contributed by atoms with Crippen molar-refractivity contribution in [3.63, 3.8) is 0 Å². The minimum atomic E-state index is -0.349. The Labute approximate surface area is 149 Å².